The molecule has 0 fully saturated rings. The molecule has 1 atom stereocenters. The monoisotopic (exact) mass is 328 g/mol. The first kappa shape index (κ1) is 13.6. The van der Waals surface area contributed by atoms with Gasteiger partial charge in [0.1, 0.15) is 5.82 Å². The molecule has 96 valence electrons. The van der Waals surface area contributed by atoms with Crippen LogP contribution in [0.15, 0.2) is 28.2 Å². The third-order valence-corrected chi connectivity index (χ3v) is 4.27. The smallest absolute Gasteiger partial charge is 0.129 e. The van der Waals surface area contributed by atoms with E-state index in [1.54, 1.807) is 17.4 Å². The van der Waals surface area contributed by atoms with E-state index < -0.39 is 0 Å². The SMILES string of the molecule is Cc1ncsc1CNC(C)c1ccc(Br)cc1F. The van der Waals surface area contributed by atoms with Crippen molar-refractivity contribution in [2.75, 3.05) is 0 Å². The Hall–Kier alpha value is -0.780. The van der Waals surface area contributed by atoms with Crippen LogP contribution >= 0.6 is 27.3 Å². The summed E-state index contributed by atoms with van der Waals surface area (Å²) < 4.78 is 14.5. The van der Waals surface area contributed by atoms with E-state index in [4.69, 9.17) is 0 Å². The number of aromatic nitrogens is 1. The van der Waals surface area contributed by atoms with Gasteiger partial charge in [0.05, 0.1) is 11.2 Å². The van der Waals surface area contributed by atoms with Gasteiger partial charge in [-0.05, 0) is 26.0 Å². The van der Waals surface area contributed by atoms with E-state index in [1.165, 1.54) is 10.9 Å². The van der Waals surface area contributed by atoms with Crippen LogP contribution in [0.5, 0.6) is 0 Å². The molecule has 1 N–H and O–H groups in total. The highest BCUT2D eigenvalue weighted by Crippen LogP contribution is 2.22. The van der Waals surface area contributed by atoms with E-state index >= 15 is 0 Å². The van der Waals surface area contributed by atoms with Crippen molar-refractivity contribution in [2.24, 2.45) is 0 Å². The largest absolute Gasteiger partial charge is 0.305 e. The summed E-state index contributed by atoms with van der Waals surface area (Å²) in [6.07, 6.45) is 0. The predicted molar refractivity (Wildman–Crippen MR) is 76.2 cm³/mol. The molecule has 1 unspecified atom stereocenters. The summed E-state index contributed by atoms with van der Waals surface area (Å²) in [5, 5.41) is 3.32. The van der Waals surface area contributed by atoms with E-state index in [-0.39, 0.29) is 11.9 Å². The van der Waals surface area contributed by atoms with E-state index in [2.05, 4.69) is 26.2 Å². The van der Waals surface area contributed by atoms with E-state index in [0.717, 1.165) is 10.2 Å². The number of hydrogen-bond acceptors (Lipinski definition) is 3. The molecule has 0 bridgehead atoms. The summed E-state index contributed by atoms with van der Waals surface area (Å²) >= 11 is 4.88. The molecule has 2 rings (SSSR count). The Balaban J connectivity index is 2.03. The highest BCUT2D eigenvalue weighted by Gasteiger charge is 2.11. The first-order chi connectivity index (χ1) is 8.58. The number of halogens is 2. The highest BCUT2D eigenvalue weighted by atomic mass is 79.9. The number of thiazole rings is 1. The molecule has 2 aromatic rings. The molecule has 18 heavy (non-hydrogen) atoms. The zero-order valence-corrected chi connectivity index (χ0v) is 12.6. The van der Waals surface area contributed by atoms with Crippen molar-refractivity contribution in [3.8, 4) is 0 Å². The van der Waals surface area contributed by atoms with Gasteiger partial charge >= 0.3 is 0 Å². The second-order valence-electron chi connectivity index (χ2n) is 4.13. The van der Waals surface area contributed by atoms with Gasteiger partial charge in [-0.25, -0.2) is 9.37 Å². The lowest BCUT2D eigenvalue weighted by atomic mass is 10.1. The molecule has 0 saturated heterocycles. The lowest BCUT2D eigenvalue weighted by Crippen LogP contribution is -2.19. The molecule has 1 aromatic heterocycles. The molecule has 0 aliphatic heterocycles. The minimum atomic E-state index is -0.189. The minimum Gasteiger partial charge on any atom is -0.305 e. The summed E-state index contributed by atoms with van der Waals surface area (Å²) in [7, 11) is 0. The fourth-order valence-corrected chi connectivity index (χ4v) is 2.77. The molecule has 0 aliphatic rings. The molecule has 1 aromatic carbocycles. The molecule has 0 spiro atoms. The van der Waals surface area contributed by atoms with Crippen LogP contribution in [0.4, 0.5) is 4.39 Å². The van der Waals surface area contributed by atoms with Crippen molar-refractivity contribution in [2.45, 2.75) is 26.4 Å². The molecule has 1 heterocycles. The Morgan fingerprint density at radius 2 is 2.28 bits per heavy atom. The Kier molecular flexibility index (Phi) is 4.48. The van der Waals surface area contributed by atoms with Gasteiger partial charge in [-0.1, -0.05) is 22.0 Å². The second-order valence-corrected chi connectivity index (χ2v) is 5.98. The Bertz CT molecular complexity index is 542. The summed E-state index contributed by atoms with van der Waals surface area (Å²) in [6.45, 7) is 4.66. The standard InChI is InChI=1S/C13H14BrFN2S/c1-8(11-4-3-10(14)5-12(11)15)16-6-13-9(2)17-7-18-13/h3-5,7-8,16H,6H2,1-2H3. The van der Waals surface area contributed by atoms with Crippen molar-refractivity contribution >= 4 is 27.3 Å². The summed E-state index contributed by atoms with van der Waals surface area (Å²) in [6, 6.07) is 5.12. The Morgan fingerprint density at radius 1 is 1.50 bits per heavy atom. The molecule has 2 nitrogen and oxygen atoms in total. The number of nitrogens with zero attached hydrogens (tertiary/aromatic N) is 1. The second kappa shape index (κ2) is 5.91. The highest BCUT2D eigenvalue weighted by molar-refractivity contribution is 9.10. The van der Waals surface area contributed by atoms with E-state index in [0.29, 0.717) is 12.1 Å². The lowest BCUT2D eigenvalue weighted by Gasteiger charge is -2.14. The average Bonchev–Trinajstić information content (AvgIpc) is 2.72. The quantitative estimate of drug-likeness (QED) is 0.909. The number of rotatable bonds is 4. The maximum absolute atomic E-state index is 13.8. The number of hydrogen-bond donors (Lipinski definition) is 1. The molecule has 5 heteroatoms. The van der Waals surface area contributed by atoms with Crippen LogP contribution in [0.1, 0.15) is 29.1 Å². The van der Waals surface area contributed by atoms with Crippen LogP contribution in [0.25, 0.3) is 0 Å². The van der Waals surface area contributed by atoms with Gasteiger partial charge in [-0.3, -0.25) is 0 Å². The third kappa shape index (κ3) is 3.16. The summed E-state index contributed by atoms with van der Waals surface area (Å²) in [4.78, 5) is 5.39. The van der Waals surface area contributed by atoms with Gasteiger partial charge in [-0.15, -0.1) is 11.3 Å². The fraction of sp³-hybridized carbons (Fsp3) is 0.308. The first-order valence-electron chi connectivity index (χ1n) is 5.65. The van der Waals surface area contributed by atoms with Crippen LogP contribution in [-0.2, 0) is 6.54 Å². The Morgan fingerprint density at radius 3 is 2.89 bits per heavy atom. The minimum absolute atomic E-state index is 0.0281. The van der Waals surface area contributed by atoms with Crippen LogP contribution in [0, 0.1) is 12.7 Å². The molecule has 0 radical (unpaired) electrons. The number of nitrogens with one attached hydrogen (secondary N) is 1. The average molecular weight is 329 g/mol. The summed E-state index contributed by atoms with van der Waals surface area (Å²) in [5.41, 5.74) is 3.55. The predicted octanol–water partition coefficient (Wildman–Crippen LogP) is 4.20. The zero-order valence-electron chi connectivity index (χ0n) is 10.2. The van der Waals surface area contributed by atoms with Gasteiger partial charge in [0.2, 0.25) is 0 Å². The van der Waals surface area contributed by atoms with Gasteiger partial charge in [0.25, 0.3) is 0 Å². The van der Waals surface area contributed by atoms with Gasteiger partial charge in [-0.2, -0.15) is 0 Å². The van der Waals surface area contributed by atoms with Crippen LogP contribution in [0.3, 0.4) is 0 Å². The Labute approximate surface area is 118 Å². The third-order valence-electron chi connectivity index (χ3n) is 2.84. The van der Waals surface area contributed by atoms with Crippen molar-refractivity contribution in [3.05, 3.63) is 50.1 Å². The van der Waals surface area contributed by atoms with Crippen molar-refractivity contribution in [1.29, 1.82) is 0 Å². The summed E-state index contributed by atoms with van der Waals surface area (Å²) in [5.74, 6) is -0.189. The first-order valence-corrected chi connectivity index (χ1v) is 7.32. The van der Waals surface area contributed by atoms with Crippen LogP contribution in [0.2, 0.25) is 0 Å². The van der Waals surface area contributed by atoms with E-state index in [1.807, 2.05) is 25.4 Å². The molecule has 0 saturated carbocycles. The number of aryl methyl sites for hydroxylation is 1. The van der Waals surface area contributed by atoms with Crippen molar-refractivity contribution in [1.82, 2.24) is 10.3 Å². The van der Waals surface area contributed by atoms with Crippen LogP contribution in [-0.4, -0.2) is 4.98 Å². The van der Waals surface area contributed by atoms with Gasteiger partial charge in [0.15, 0.2) is 0 Å². The van der Waals surface area contributed by atoms with Crippen molar-refractivity contribution in [3.63, 3.8) is 0 Å². The molecule has 0 aliphatic carbocycles. The normalized spacial score (nSPS) is 12.7. The molecule has 0 amide bonds. The zero-order chi connectivity index (χ0) is 13.1. The molecular weight excluding hydrogens is 315 g/mol. The number of benzene rings is 1. The van der Waals surface area contributed by atoms with Gasteiger partial charge < -0.3 is 5.32 Å². The van der Waals surface area contributed by atoms with Crippen molar-refractivity contribution < 1.29 is 4.39 Å². The lowest BCUT2D eigenvalue weighted by molar-refractivity contribution is 0.529. The van der Waals surface area contributed by atoms with Gasteiger partial charge in [0, 0.05) is 27.5 Å². The molecular formula is C13H14BrFN2S. The van der Waals surface area contributed by atoms with E-state index in [9.17, 15) is 4.39 Å². The maximum atomic E-state index is 13.8. The van der Waals surface area contributed by atoms with Crippen LogP contribution < -0.4 is 5.32 Å². The fourth-order valence-electron chi connectivity index (χ4n) is 1.70. The maximum Gasteiger partial charge on any atom is 0.129 e. The topological polar surface area (TPSA) is 24.9 Å².